The Morgan fingerprint density at radius 1 is 1.20 bits per heavy atom. The summed E-state index contributed by atoms with van der Waals surface area (Å²) in [4.78, 5) is 25.0. The second-order valence-electron chi connectivity index (χ2n) is 11.5. The summed E-state index contributed by atoms with van der Waals surface area (Å²) in [5.74, 6) is 0.592. The second kappa shape index (κ2) is 12.1. The Bertz CT molecular complexity index is 801. The van der Waals surface area contributed by atoms with Crippen molar-refractivity contribution in [3.8, 4) is 0 Å². The van der Waals surface area contributed by atoms with Crippen molar-refractivity contribution in [1.29, 1.82) is 0 Å². The molecule has 6 nitrogen and oxygen atoms in total. The van der Waals surface area contributed by atoms with Gasteiger partial charge < -0.3 is 19.9 Å². The van der Waals surface area contributed by atoms with Gasteiger partial charge in [-0.3, -0.25) is 9.59 Å². The van der Waals surface area contributed by atoms with Crippen LogP contribution in [0.4, 0.5) is 0 Å². The van der Waals surface area contributed by atoms with Gasteiger partial charge in [0, 0.05) is 18.4 Å². The van der Waals surface area contributed by atoms with Gasteiger partial charge >= 0.3 is 5.97 Å². The summed E-state index contributed by atoms with van der Waals surface area (Å²) in [5.41, 5.74) is 1.27. The normalized spacial score (nSPS) is 34.7. The van der Waals surface area contributed by atoms with E-state index >= 15 is 0 Å². The van der Waals surface area contributed by atoms with E-state index in [2.05, 4.69) is 30.5 Å². The highest BCUT2D eigenvalue weighted by atomic mass is 16.5. The van der Waals surface area contributed by atoms with E-state index in [-0.39, 0.29) is 60.4 Å². The molecule has 6 heteroatoms. The minimum atomic E-state index is -0.692. The minimum Gasteiger partial charge on any atom is -0.461 e. The van der Waals surface area contributed by atoms with Crippen LogP contribution in [0.25, 0.3) is 0 Å². The van der Waals surface area contributed by atoms with Crippen molar-refractivity contribution in [3.63, 3.8) is 0 Å². The summed E-state index contributed by atoms with van der Waals surface area (Å²) in [7, 11) is 0. The second-order valence-corrected chi connectivity index (χ2v) is 11.5. The lowest BCUT2D eigenvalue weighted by Crippen LogP contribution is -2.48. The molecule has 4 rings (SSSR count). The van der Waals surface area contributed by atoms with Gasteiger partial charge in [-0.2, -0.15) is 0 Å². The SMILES string of the molecule is CCC(C)C(=O)OC1CC(C)C=C2C=CC3OC(CC(O)CC(=O)NC4CCCCC4)CCC3C21. The van der Waals surface area contributed by atoms with Gasteiger partial charge in [0.15, 0.2) is 0 Å². The molecular weight excluding hydrogens is 442 g/mol. The van der Waals surface area contributed by atoms with E-state index < -0.39 is 6.10 Å². The molecule has 0 aromatic carbocycles. The van der Waals surface area contributed by atoms with Crippen LogP contribution < -0.4 is 5.32 Å². The summed E-state index contributed by atoms with van der Waals surface area (Å²) in [6.07, 6.45) is 15.5. The largest absolute Gasteiger partial charge is 0.461 e. The molecule has 1 saturated carbocycles. The molecule has 2 N–H and O–H groups in total. The lowest BCUT2D eigenvalue weighted by molar-refractivity contribution is -0.162. The number of fused-ring (bicyclic) bond motifs is 3. The monoisotopic (exact) mass is 487 g/mol. The Hall–Kier alpha value is -1.66. The average Bonchev–Trinajstić information content (AvgIpc) is 2.83. The van der Waals surface area contributed by atoms with Crippen molar-refractivity contribution in [2.45, 2.75) is 122 Å². The number of esters is 1. The Morgan fingerprint density at radius 3 is 2.71 bits per heavy atom. The molecule has 8 atom stereocenters. The molecule has 4 aliphatic rings. The number of hydrogen-bond donors (Lipinski definition) is 2. The number of allylic oxidation sites excluding steroid dienone is 2. The average molecular weight is 488 g/mol. The van der Waals surface area contributed by atoms with Crippen LogP contribution >= 0.6 is 0 Å². The van der Waals surface area contributed by atoms with Gasteiger partial charge in [-0.05, 0) is 55.9 Å². The maximum Gasteiger partial charge on any atom is 0.308 e. The van der Waals surface area contributed by atoms with Gasteiger partial charge in [-0.25, -0.2) is 0 Å². The maximum absolute atomic E-state index is 12.6. The fraction of sp³-hybridized carbons (Fsp3) is 0.793. The van der Waals surface area contributed by atoms with Crippen LogP contribution in [0.2, 0.25) is 0 Å². The van der Waals surface area contributed by atoms with E-state index in [1.165, 1.54) is 24.8 Å². The standard InChI is InChI=1S/C29H45NO5/c1-4-19(3)29(33)35-26-15-18(2)14-20-10-13-25-24(28(20)26)12-11-23(34-25)16-22(31)17-27(32)30-21-8-6-5-7-9-21/h10,13-14,18-19,21-26,28,31H,4-9,11-12,15-17H2,1-3H3,(H,30,32). The predicted molar refractivity (Wildman–Crippen MR) is 135 cm³/mol. The summed E-state index contributed by atoms with van der Waals surface area (Å²) < 4.78 is 12.5. The molecule has 0 bridgehead atoms. The number of carbonyl (C=O) groups excluding carboxylic acids is 2. The quantitative estimate of drug-likeness (QED) is 0.478. The first kappa shape index (κ1) is 26.4. The number of amides is 1. The minimum absolute atomic E-state index is 0.0441. The van der Waals surface area contributed by atoms with Crippen LogP contribution in [0.15, 0.2) is 23.8 Å². The Morgan fingerprint density at radius 2 is 1.97 bits per heavy atom. The van der Waals surface area contributed by atoms with E-state index in [9.17, 15) is 14.7 Å². The van der Waals surface area contributed by atoms with E-state index in [4.69, 9.17) is 9.47 Å². The van der Waals surface area contributed by atoms with E-state index in [1.807, 2.05) is 13.8 Å². The van der Waals surface area contributed by atoms with Crippen molar-refractivity contribution in [2.24, 2.45) is 23.7 Å². The molecule has 2 fully saturated rings. The zero-order valence-corrected chi connectivity index (χ0v) is 21.8. The molecular formula is C29H45NO5. The number of nitrogens with one attached hydrogen (secondary N) is 1. The lowest BCUT2D eigenvalue weighted by atomic mass is 9.66. The van der Waals surface area contributed by atoms with E-state index in [0.717, 1.165) is 38.5 Å². The van der Waals surface area contributed by atoms with Crippen molar-refractivity contribution in [1.82, 2.24) is 5.32 Å². The number of aliphatic hydroxyl groups is 1. The predicted octanol–water partition coefficient (Wildman–Crippen LogP) is 4.85. The zero-order chi connectivity index (χ0) is 24.9. The van der Waals surface area contributed by atoms with Gasteiger partial charge in [0.25, 0.3) is 0 Å². The highest BCUT2D eigenvalue weighted by molar-refractivity contribution is 5.76. The van der Waals surface area contributed by atoms with Crippen molar-refractivity contribution in [2.75, 3.05) is 0 Å². The highest BCUT2D eigenvalue weighted by Gasteiger charge is 2.45. The number of aliphatic hydroxyl groups excluding tert-OH is 1. The first-order valence-electron chi connectivity index (χ1n) is 14.1. The van der Waals surface area contributed by atoms with Gasteiger partial charge in [-0.15, -0.1) is 0 Å². The third-order valence-electron chi connectivity index (χ3n) is 8.61. The Labute approximate surface area is 210 Å². The molecule has 1 saturated heterocycles. The number of ether oxygens (including phenoxy) is 2. The van der Waals surface area contributed by atoms with Gasteiger partial charge in [0.1, 0.15) is 6.10 Å². The van der Waals surface area contributed by atoms with Gasteiger partial charge in [-0.1, -0.05) is 58.3 Å². The number of hydrogen-bond acceptors (Lipinski definition) is 5. The third kappa shape index (κ3) is 6.76. The van der Waals surface area contributed by atoms with Gasteiger partial charge in [0.05, 0.1) is 30.7 Å². The van der Waals surface area contributed by atoms with Crippen LogP contribution in [0.3, 0.4) is 0 Å². The van der Waals surface area contributed by atoms with Crippen molar-refractivity contribution < 1.29 is 24.2 Å². The maximum atomic E-state index is 12.6. The number of rotatable bonds is 8. The van der Waals surface area contributed by atoms with Crippen LogP contribution in [-0.2, 0) is 19.1 Å². The van der Waals surface area contributed by atoms with Crippen molar-refractivity contribution >= 4 is 11.9 Å². The molecule has 0 aromatic rings. The molecule has 1 aliphatic heterocycles. The first-order chi connectivity index (χ1) is 16.8. The highest BCUT2D eigenvalue weighted by Crippen LogP contribution is 2.46. The van der Waals surface area contributed by atoms with Crippen LogP contribution in [0.1, 0.15) is 91.4 Å². The smallest absolute Gasteiger partial charge is 0.308 e. The summed E-state index contributed by atoms with van der Waals surface area (Å²) in [6, 6.07) is 0.269. The molecule has 0 radical (unpaired) electrons. The van der Waals surface area contributed by atoms with Crippen LogP contribution in [0.5, 0.6) is 0 Å². The van der Waals surface area contributed by atoms with Crippen LogP contribution in [-0.4, -0.2) is 47.4 Å². The zero-order valence-electron chi connectivity index (χ0n) is 21.8. The van der Waals surface area contributed by atoms with Crippen LogP contribution in [0, 0.1) is 23.7 Å². The number of carbonyl (C=O) groups is 2. The summed E-state index contributed by atoms with van der Waals surface area (Å²) >= 11 is 0. The fourth-order valence-corrected chi connectivity index (χ4v) is 6.50. The van der Waals surface area contributed by atoms with E-state index in [1.54, 1.807) is 0 Å². The lowest BCUT2D eigenvalue weighted by Gasteiger charge is -2.47. The molecule has 35 heavy (non-hydrogen) atoms. The third-order valence-corrected chi connectivity index (χ3v) is 8.61. The van der Waals surface area contributed by atoms with Crippen molar-refractivity contribution in [3.05, 3.63) is 23.8 Å². The molecule has 8 unspecified atom stereocenters. The molecule has 0 spiro atoms. The molecule has 0 aromatic heterocycles. The topological polar surface area (TPSA) is 84.9 Å². The fourth-order valence-electron chi connectivity index (χ4n) is 6.50. The Balaban J connectivity index is 1.32. The summed E-state index contributed by atoms with van der Waals surface area (Å²) in [5, 5.41) is 13.7. The summed E-state index contributed by atoms with van der Waals surface area (Å²) in [6.45, 7) is 6.14. The van der Waals surface area contributed by atoms with Gasteiger partial charge in [0.2, 0.25) is 5.91 Å². The molecule has 1 amide bonds. The molecule has 196 valence electrons. The molecule has 3 aliphatic carbocycles. The Kier molecular flexibility index (Phi) is 9.09. The van der Waals surface area contributed by atoms with E-state index in [0.29, 0.717) is 12.3 Å². The first-order valence-corrected chi connectivity index (χ1v) is 14.1. The molecule has 1 heterocycles.